The van der Waals surface area contributed by atoms with Gasteiger partial charge in [0.25, 0.3) is 0 Å². The van der Waals surface area contributed by atoms with E-state index < -0.39 is 0 Å². The Morgan fingerprint density at radius 2 is 1.25 bits per heavy atom. The molecule has 1 aliphatic heterocycles. The monoisotopic (exact) mass is 752 g/mol. The number of hydrogen-bond acceptors (Lipinski definition) is 5. The van der Waals surface area contributed by atoms with E-state index in [0.717, 1.165) is 62.9 Å². The molecule has 0 saturated carbocycles. The van der Waals surface area contributed by atoms with E-state index in [4.69, 9.17) is 9.41 Å². The van der Waals surface area contributed by atoms with E-state index in [1.807, 2.05) is 11.3 Å². The van der Waals surface area contributed by atoms with Crippen molar-refractivity contribution in [1.29, 1.82) is 0 Å². The van der Waals surface area contributed by atoms with Crippen molar-refractivity contribution in [2.45, 2.75) is 25.2 Å². The Balaban J connectivity index is 1.11. The minimum absolute atomic E-state index is 0.147. The summed E-state index contributed by atoms with van der Waals surface area (Å²) in [6, 6.07) is 56.3. The van der Waals surface area contributed by atoms with Crippen LogP contribution < -0.4 is 10.6 Å². The van der Waals surface area contributed by atoms with Crippen LogP contribution in [-0.4, -0.2) is 10.4 Å². The second kappa shape index (κ2) is 12.9. The molecule has 0 saturated heterocycles. The van der Waals surface area contributed by atoms with Crippen LogP contribution in [0.15, 0.2) is 173 Å². The van der Waals surface area contributed by atoms with Gasteiger partial charge in [0.1, 0.15) is 29.3 Å². The first-order valence-corrected chi connectivity index (χ1v) is 20.5. The number of aryl methyl sites for hydroxylation is 1. The molecule has 0 radical (unpaired) electrons. The van der Waals surface area contributed by atoms with Crippen LogP contribution in [-0.2, 0) is 6.42 Å². The smallest absolute Gasteiger partial charge is 0.136 e. The lowest BCUT2D eigenvalue weighted by Crippen LogP contribution is -2.45. The van der Waals surface area contributed by atoms with Gasteiger partial charge in [-0.3, -0.25) is 5.32 Å². The number of benzene rings is 7. The molecule has 10 aromatic rings. The second-order valence-corrected chi connectivity index (χ2v) is 16.1. The van der Waals surface area contributed by atoms with Gasteiger partial charge in [0.2, 0.25) is 0 Å². The number of allylic oxidation sites excluding steroid dienone is 1. The maximum absolute atomic E-state index is 6.74. The number of para-hydroxylation sites is 1. The summed E-state index contributed by atoms with van der Waals surface area (Å²) in [6.45, 7) is 0. The third kappa shape index (κ3) is 5.08. The van der Waals surface area contributed by atoms with E-state index in [2.05, 4.69) is 185 Å². The Bertz CT molecular complexity index is 3260. The van der Waals surface area contributed by atoms with Gasteiger partial charge in [-0.05, 0) is 83.1 Å². The van der Waals surface area contributed by atoms with Crippen molar-refractivity contribution < 1.29 is 4.42 Å². The van der Waals surface area contributed by atoms with E-state index in [-0.39, 0.29) is 12.3 Å². The van der Waals surface area contributed by atoms with Crippen molar-refractivity contribution in [3.8, 4) is 16.8 Å². The molecule has 7 aromatic carbocycles. The van der Waals surface area contributed by atoms with Crippen LogP contribution in [0.3, 0.4) is 0 Å². The molecule has 0 amide bonds. The summed E-state index contributed by atoms with van der Waals surface area (Å²) in [5.41, 5.74) is 12.5. The number of amidine groups is 1. The minimum atomic E-state index is -0.241. The quantitative estimate of drug-likeness (QED) is 0.184. The van der Waals surface area contributed by atoms with Crippen LogP contribution in [0.4, 0.5) is 0 Å². The molecule has 2 aliphatic rings. The van der Waals surface area contributed by atoms with Crippen molar-refractivity contribution in [3.05, 3.63) is 192 Å². The van der Waals surface area contributed by atoms with E-state index in [9.17, 15) is 0 Å². The summed E-state index contributed by atoms with van der Waals surface area (Å²) in [6.07, 6.45) is 6.39. The van der Waals surface area contributed by atoms with Crippen molar-refractivity contribution in [3.63, 3.8) is 0 Å². The Kier molecular flexibility index (Phi) is 7.37. The Labute approximate surface area is 333 Å². The van der Waals surface area contributed by atoms with Gasteiger partial charge >= 0.3 is 0 Å². The SMILES string of the molecule is C1=Cc2c(c3ccccc3n2-c2cccc3sc4cccc(-c5cccc6oc7cccc(C8=NC(c9ccccc9)NC(c9ccccc9)N8)c7c56)c4c23)CC1. The fraction of sp³-hybridized carbons (Fsp3) is 0.0784. The van der Waals surface area contributed by atoms with Gasteiger partial charge in [0.15, 0.2) is 0 Å². The number of rotatable bonds is 5. The van der Waals surface area contributed by atoms with Gasteiger partial charge in [-0.2, -0.15) is 0 Å². The lowest BCUT2D eigenvalue weighted by atomic mass is 9.93. The normalized spacial score (nSPS) is 16.7. The number of nitrogens with zero attached hydrogens (tertiary/aromatic N) is 2. The van der Waals surface area contributed by atoms with Gasteiger partial charge < -0.3 is 14.3 Å². The maximum atomic E-state index is 6.74. The van der Waals surface area contributed by atoms with Gasteiger partial charge in [0.05, 0.1) is 11.2 Å². The number of furan rings is 1. The van der Waals surface area contributed by atoms with E-state index in [1.54, 1.807) is 0 Å². The zero-order chi connectivity index (χ0) is 37.5. The summed E-state index contributed by atoms with van der Waals surface area (Å²) in [5.74, 6) is 0.832. The molecule has 0 fully saturated rings. The van der Waals surface area contributed by atoms with Gasteiger partial charge in [-0.1, -0.05) is 127 Å². The molecule has 272 valence electrons. The fourth-order valence-corrected chi connectivity index (χ4v) is 10.5. The van der Waals surface area contributed by atoms with Gasteiger partial charge in [-0.15, -0.1) is 11.3 Å². The van der Waals surface area contributed by atoms with E-state index >= 15 is 0 Å². The summed E-state index contributed by atoms with van der Waals surface area (Å²) >= 11 is 1.87. The molecule has 0 spiro atoms. The molecule has 4 heterocycles. The van der Waals surface area contributed by atoms with Crippen LogP contribution in [0, 0.1) is 0 Å². The molecule has 6 heteroatoms. The molecule has 0 bridgehead atoms. The Hall–Kier alpha value is -6.73. The molecule has 12 rings (SSSR count). The number of hydrogen-bond donors (Lipinski definition) is 2. The average Bonchev–Trinajstić information content (AvgIpc) is 3.97. The number of fused-ring (bicyclic) bond motifs is 9. The molecular formula is C51H36N4OS. The first-order chi connectivity index (χ1) is 28.3. The highest BCUT2D eigenvalue weighted by Crippen LogP contribution is 2.47. The maximum Gasteiger partial charge on any atom is 0.136 e. The zero-order valence-electron chi connectivity index (χ0n) is 30.9. The van der Waals surface area contributed by atoms with E-state index in [1.165, 1.54) is 53.6 Å². The van der Waals surface area contributed by atoms with Crippen molar-refractivity contribution in [2.24, 2.45) is 4.99 Å². The average molecular weight is 753 g/mol. The summed E-state index contributed by atoms with van der Waals surface area (Å²) in [7, 11) is 0. The highest BCUT2D eigenvalue weighted by molar-refractivity contribution is 7.26. The molecule has 1 aliphatic carbocycles. The molecule has 57 heavy (non-hydrogen) atoms. The highest BCUT2D eigenvalue weighted by Gasteiger charge is 2.28. The predicted octanol–water partition coefficient (Wildman–Crippen LogP) is 12.9. The molecule has 2 atom stereocenters. The van der Waals surface area contributed by atoms with E-state index in [0.29, 0.717) is 0 Å². The molecule has 3 aromatic heterocycles. The molecule has 5 nitrogen and oxygen atoms in total. The standard InChI is InChI=1S/C51H36N4OS/c1-3-15-31(16-4-1)49-52-50(32-17-5-2-6-18-32)54-51(53-49)37-23-12-28-42-46(37)45-35(21-11-27-41(45)56-42)36-22-13-29-43-47(36)48-40(26-14-30-44(48)57-43)55-38-24-9-7-19-33(38)34-20-8-10-25-39(34)55/h1-7,9-19,21-30,49-50,52H,8,20H2,(H,53,54). The largest absolute Gasteiger partial charge is 0.456 e. The molecular weight excluding hydrogens is 717 g/mol. The first kappa shape index (κ1) is 32.5. The zero-order valence-corrected chi connectivity index (χ0v) is 31.8. The summed E-state index contributed by atoms with van der Waals surface area (Å²) in [4.78, 5) is 5.37. The van der Waals surface area contributed by atoms with Crippen molar-refractivity contribution in [2.75, 3.05) is 0 Å². The van der Waals surface area contributed by atoms with Crippen LogP contribution in [0.5, 0.6) is 0 Å². The summed E-state index contributed by atoms with van der Waals surface area (Å²) < 4.78 is 11.8. The van der Waals surface area contributed by atoms with Gasteiger partial charge in [0, 0.05) is 47.6 Å². The van der Waals surface area contributed by atoms with Crippen LogP contribution in [0.2, 0.25) is 0 Å². The fourth-order valence-electron chi connectivity index (χ4n) is 9.31. The van der Waals surface area contributed by atoms with Crippen molar-refractivity contribution >= 4 is 76.3 Å². The van der Waals surface area contributed by atoms with Crippen molar-refractivity contribution in [1.82, 2.24) is 15.2 Å². The van der Waals surface area contributed by atoms with Crippen LogP contribution in [0.25, 0.3) is 75.9 Å². The lowest BCUT2D eigenvalue weighted by Gasteiger charge is -2.32. The number of aliphatic imine (C=N–C) groups is 1. The number of nitrogens with one attached hydrogen (secondary N) is 2. The lowest BCUT2D eigenvalue weighted by molar-refractivity contribution is 0.409. The minimum Gasteiger partial charge on any atom is -0.456 e. The third-order valence-electron chi connectivity index (χ3n) is 11.8. The topological polar surface area (TPSA) is 54.5 Å². The summed E-state index contributed by atoms with van der Waals surface area (Å²) in [5, 5.41) is 13.6. The number of aromatic nitrogens is 1. The first-order valence-electron chi connectivity index (χ1n) is 19.7. The van der Waals surface area contributed by atoms with Crippen LogP contribution >= 0.6 is 11.3 Å². The Morgan fingerprint density at radius 1 is 0.596 bits per heavy atom. The number of thiophene rings is 1. The second-order valence-electron chi connectivity index (χ2n) is 15.0. The van der Waals surface area contributed by atoms with Crippen LogP contribution in [0.1, 0.15) is 46.7 Å². The predicted molar refractivity (Wildman–Crippen MR) is 237 cm³/mol. The highest BCUT2D eigenvalue weighted by atomic mass is 32.1. The molecule has 2 unspecified atom stereocenters. The van der Waals surface area contributed by atoms with Gasteiger partial charge in [-0.25, -0.2) is 4.99 Å². The Morgan fingerprint density at radius 3 is 2.05 bits per heavy atom. The third-order valence-corrected chi connectivity index (χ3v) is 12.9. The molecule has 2 N–H and O–H groups in total.